The number of cyclic esters (lactones) is 1. The average molecular weight is 266 g/mol. The Labute approximate surface area is 118 Å². The molecular weight excluding hydrogens is 236 g/mol. The van der Waals surface area contributed by atoms with Gasteiger partial charge in [-0.1, -0.05) is 51.2 Å². The maximum absolute atomic E-state index is 10.9. The molecule has 19 heavy (non-hydrogen) atoms. The zero-order valence-corrected chi connectivity index (χ0v) is 12.5. The van der Waals surface area contributed by atoms with Gasteiger partial charge in [0.05, 0.1) is 0 Å². The zero-order chi connectivity index (χ0) is 13.8. The van der Waals surface area contributed by atoms with Crippen molar-refractivity contribution in [3.05, 3.63) is 12.2 Å². The van der Waals surface area contributed by atoms with Gasteiger partial charge in [0, 0.05) is 6.42 Å². The summed E-state index contributed by atoms with van der Waals surface area (Å²) in [6.45, 7) is 2.26. The topological polar surface area (TPSA) is 26.3 Å². The van der Waals surface area contributed by atoms with Crippen molar-refractivity contribution in [2.45, 2.75) is 90.1 Å². The summed E-state index contributed by atoms with van der Waals surface area (Å²) in [5.74, 6) is -0.0105. The Morgan fingerprint density at radius 3 is 2.42 bits per heavy atom. The van der Waals surface area contributed by atoms with E-state index in [1.54, 1.807) is 0 Å². The molecule has 1 saturated heterocycles. The molecule has 1 rings (SSSR count). The molecule has 1 aliphatic rings. The molecule has 1 fully saturated rings. The third-order valence-electron chi connectivity index (χ3n) is 3.76. The lowest BCUT2D eigenvalue weighted by Gasteiger charge is -2.06. The SMILES string of the molecule is CCCCCCCC/C=C/CCCC1CCC(=O)O1. The van der Waals surface area contributed by atoms with Gasteiger partial charge in [-0.15, -0.1) is 0 Å². The third kappa shape index (κ3) is 8.85. The van der Waals surface area contributed by atoms with E-state index in [-0.39, 0.29) is 12.1 Å². The molecule has 1 unspecified atom stereocenters. The Hall–Kier alpha value is -0.790. The van der Waals surface area contributed by atoms with Gasteiger partial charge in [0.15, 0.2) is 0 Å². The first-order valence-corrected chi connectivity index (χ1v) is 8.17. The van der Waals surface area contributed by atoms with Crippen molar-refractivity contribution in [1.29, 1.82) is 0 Å². The van der Waals surface area contributed by atoms with Gasteiger partial charge >= 0.3 is 5.97 Å². The standard InChI is InChI=1S/C17H30O2/c1-2-3-4-5-6-7-8-9-10-11-12-13-16-14-15-17(18)19-16/h9-10,16H,2-8,11-15H2,1H3/b10-9+. The molecule has 0 spiro atoms. The van der Waals surface area contributed by atoms with Crippen molar-refractivity contribution in [2.75, 3.05) is 0 Å². The number of esters is 1. The number of allylic oxidation sites excluding steroid dienone is 2. The van der Waals surface area contributed by atoms with E-state index in [1.807, 2.05) is 0 Å². The van der Waals surface area contributed by atoms with E-state index >= 15 is 0 Å². The van der Waals surface area contributed by atoms with Crippen LogP contribution in [0.2, 0.25) is 0 Å². The molecule has 0 saturated carbocycles. The molecule has 1 heterocycles. The minimum Gasteiger partial charge on any atom is -0.462 e. The Morgan fingerprint density at radius 2 is 1.74 bits per heavy atom. The molecule has 1 aliphatic heterocycles. The van der Waals surface area contributed by atoms with Crippen molar-refractivity contribution in [2.24, 2.45) is 0 Å². The molecule has 110 valence electrons. The Bertz CT molecular complexity index is 258. The predicted molar refractivity (Wildman–Crippen MR) is 80.1 cm³/mol. The number of carbonyl (C=O) groups excluding carboxylic acids is 1. The number of ether oxygens (including phenoxy) is 1. The fraction of sp³-hybridized carbons (Fsp3) is 0.824. The highest BCUT2D eigenvalue weighted by Crippen LogP contribution is 2.19. The quantitative estimate of drug-likeness (QED) is 0.293. The predicted octanol–water partition coefficient (Wildman–Crippen LogP) is 5.17. The van der Waals surface area contributed by atoms with Gasteiger partial charge in [0.1, 0.15) is 6.10 Å². The first kappa shape index (κ1) is 16.3. The van der Waals surface area contributed by atoms with Crippen LogP contribution >= 0.6 is 0 Å². The molecule has 1 atom stereocenters. The van der Waals surface area contributed by atoms with Crippen LogP contribution in [0.1, 0.15) is 84.0 Å². The first-order valence-electron chi connectivity index (χ1n) is 8.17. The van der Waals surface area contributed by atoms with Crippen molar-refractivity contribution in [3.63, 3.8) is 0 Å². The van der Waals surface area contributed by atoms with Gasteiger partial charge in [-0.2, -0.15) is 0 Å². The smallest absolute Gasteiger partial charge is 0.306 e. The Balaban J connectivity index is 1.81. The summed E-state index contributed by atoms with van der Waals surface area (Å²) in [7, 11) is 0. The summed E-state index contributed by atoms with van der Waals surface area (Å²) in [5, 5.41) is 0. The van der Waals surface area contributed by atoms with E-state index in [0.29, 0.717) is 6.42 Å². The monoisotopic (exact) mass is 266 g/mol. The van der Waals surface area contributed by atoms with Crippen LogP contribution in [0.25, 0.3) is 0 Å². The fourth-order valence-electron chi connectivity index (χ4n) is 2.53. The van der Waals surface area contributed by atoms with Crippen LogP contribution in [0.3, 0.4) is 0 Å². The number of carbonyl (C=O) groups is 1. The van der Waals surface area contributed by atoms with Crippen LogP contribution in [0.15, 0.2) is 12.2 Å². The number of hydrogen-bond acceptors (Lipinski definition) is 2. The second-order valence-electron chi connectivity index (χ2n) is 5.61. The van der Waals surface area contributed by atoms with E-state index in [4.69, 9.17) is 4.74 Å². The minimum absolute atomic E-state index is 0.0105. The van der Waals surface area contributed by atoms with Crippen LogP contribution in [-0.4, -0.2) is 12.1 Å². The number of rotatable bonds is 11. The zero-order valence-electron chi connectivity index (χ0n) is 12.5. The summed E-state index contributed by atoms with van der Waals surface area (Å²) in [5.41, 5.74) is 0. The van der Waals surface area contributed by atoms with Gasteiger partial charge in [0.25, 0.3) is 0 Å². The Morgan fingerprint density at radius 1 is 1.05 bits per heavy atom. The van der Waals surface area contributed by atoms with Gasteiger partial charge in [-0.25, -0.2) is 0 Å². The molecule has 0 aromatic carbocycles. The molecule has 0 radical (unpaired) electrons. The molecule has 2 nitrogen and oxygen atoms in total. The number of hydrogen-bond donors (Lipinski definition) is 0. The highest BCUT2D eigenvalue weighted by atomic mass is 16.5. The lowest BCUT2D eigenvalue weighted by molar-refractivity contribution is -0.141. The van der Waals surface area contributed by atoms with Crippen LogP contribution in [-0.2, 0) is 9.53 Å². The lowest BCUT2D eigenvalue weighted by Crippen LogP contribution is -2.05. The van der Waals surface area contributed by atoms with Crippen molar-refractivity contribution in [3.8, 4) is 0 Å². The molecular formula is C17H30O2. The molecule has 0 aromatic heterocycles. The van der Waals surface area contributed by atoms with Crippen molar-refractivity contribution < 1.29 is 9.53 Å². The van der Waals surface area contributed by atoms with E-state index in [0.717, 1.165) is 25.7 Å². The van der Waals surface area contributed by atoms with Crippen LogP contribution in [0.5, 0.6) is 0 Å². The largest absolute Gasteiger partial charge is 0.462 e. The van der Waals surface area contributed by atoms with Gasteiger partial charge in [-0.05, 0) is 38.5 Å². The summed E-state index contributed by atoms with van der Waals surface area (Å²) in [4.78, 5) is 10.9. The highest BCUT2D eigenvalue weighted by Gasteiger charge is 2.21. The maximum Gasteiger partial charge on any atom is 0.306 e. The number of unbranched alkanes of at least 4 members (excludes halogenated alkanes) is 7. The lowest BCUT2D eigenvalue weighted by atomic mass is 10.1. The van der Waals surface area contributed by atoms with Crippen molar-refractivity contribution in [1.82, 2.24) is 0 Å². The molecule has 0 amide bonds. The second kappa shape index (κ2) is 11.1. The molecule has 2 heteroatoms. The summed E-state index contributed by atoms with van der Waals surface area (Å²) < 4.78 is 5.19. The third-order valence-corrected chi connectivity index (χ3v) is 3.76. The first-order chi connectivity index (χ1) is 9.33. The van der Waals surface area contributed by atoms with E-state index < -0.39 is 0 Å². The summed E-state index contributed by atoms with van der Waals surface area (Å²) in [6.07, 6.45) is 19.1. The van der Waals surface area contributed by atoms with E-state index in [1.165, 1.54) is 44.9 Å². The molecule has 0 aliphatic carbocycles. The summed E-state index contributed by atoms with van der Waals surface area (Å²) >= 11 is 0. The van der Waals surface area contributed by atoms with Gasteiger partial charge < -0.3 is 4.74 Å². The van der Waals surface area contributed by atoms with Crippen LogP contribution in [0, 0.1) is 0 Å². The molecule has 0 bridgehead atoms. The van der Waals surface area contributed by atoms with Crippen LogP contribution < -0.4 is 0 Å². The van der Waals surface area contributed by atoms with E-state index in [2.05, 4.69) is 19.1 Å². The Kier molecular flexibility index (Phi) is 9.48. The fourth-order valence-corrected chi connectivity index (χ4v) is 2.53. The van der Waals surface area contributed by atoms with Crippen LogP contribution in [0.4, 0.5) is 0 Å². The highest BCUT2D eigenvalue weighted by molar-refractivity contribution is 5.71. The molecule has 0 N–H and O–H groups in total. The van der Waals surface area contributed by atoms with E-state index in [9.17, 15) is 4.79 Å². The summed E-state index contributed by atoms with van der Waals surface area (Å²) in [6, 6.07) is 0. The van der Waals surface area contributed by atoms with Gasteiger partial charge in [-0.3, -0.25) is 4.79 Å². The van der Waals surface area contributed by atoms with Gasteiger partial charge in [0.2, 0.25) is 0 Å². The van der Waals surface area contributed by atoms with Crippen molar-refractivity contribution >= 4 is 5.97 Å². The minimum atomic E-state index is -0.0105. The second-order valence-corrected chi connectivity index (χ2v) is 5.61. The average Bonchev–Trinajstić information content (AvgIpc) is 2.82. The maximum atomic E-state index is 10.9. The normalized spacial score (nSPS) is 19.2. The molecule has 0 aromatic rings.